The Labute approximate surface area is 111 Å². The summed E-state index contributed by atoms with van der Waals surface area (Å²) in [6.45, 7) is 6.69. The van der Waals surface area contributed by atoms with Crippen LogP contribution >= 0.6 is 0 Å². The van der Waals surface area contributed by atoms with Crippen molar-refractivity contribution < 1.29 is 0 Å². The number of hydrogen-bond donors (Lipinski definition) is 0. The van der Waals surface area contributed by atoms with Crippen molar-refractivity contribution in [1.82, 2.24) is 0 Å². The summed E-state index contributed by atoms with van der Waals surface area (Å²) in [5.74, 6) is 0. The molecule has 0 unspecified atom stereocenters. The summed E-state index contributed by atoms with van der Waals surface area (Å²) in [4.78, 5) is 0. The number of aryl methyl sites for hydroxylation is 3. The Bertz CT molecular complexity index is 261. The molecular formula is C17H36. The number of rotatable bonds is 4. The fourth-order valence-electron chi connectivity index (χ4n) is 1.75. The van der Waals surface area contributed by atoms with Crippen molar-refractivity contribution in [2.45, 2.75) is 76.2 Å². The molecule has 0 atom stereocenters. The lowest BCUT2D eigenvalue weighted by atomic mass is 10.00. The van der Waals surface area contributed by atoms with E-state index in [1.165, 1.54) is 42.4 Å². The molecule has 0 N–H and O–H groups in total. The van der Waals surface area contributed by atoms with Crippen LogP contribution in [0, 0.1) is 6.92 Å². The monoisotopic (exact) mass is 240 g/mol. The molecule has 0 saturated carbocycles. The first-order valence-electron chi connectivity index (χ1n) is 5.36. The van der Waals surface area contributed by atoms with Gasteiger partial charge in [-0.15, -0.1) is 0 Å². The lowest BCUT2D eigenvalue weighted by Gasteiger charge is -2.06. The van der Waals surface area contributed by atoms with E-state index in [0.29, 0.717) is 0 Å². The molecule has 1 aromatic carbocycles. The first-order chi connectivity index (χ1) is 6.27. The zero-order valence-electron chi connectivity index (χ0n) is 9.06. The average Bonchev–Trinajstić information content (AvgIpc) is 2.10. The van der Waals surface area contributed by atoms with E-state index < -0.39 is 0 Å². The zero-order valence-corrected chi connectivity index (χ0v) is 9.06. The summed E-state index contributed by atoms with van der Waals surface area (Å²) in [5, 5.41) is 0. The highest BCUT2D eigenvalue weighted by Crippen LogP contribution is 2.14. The molecule has 1 rings (SSSR count). The molecule has 0 aliphatic carbocycles. The van der Waals surface area contributed by atoms with Crippen LogP contribution in [0.15, 0.2) is 18.2 Å². The highest BCUT2D eigenvalue weighted by molar-refractivity contribution is 5.31. The Morgan fingerprint density at radius 3 is 1.76 bits per heavy atom. The topological polar surface area (TPSA) is 0 Å². The van der Waals surface area contributed by atoms with Gasteiger partial charge in [0.25, 0.3) is 0 Å². The summed E-state index contributed by atoms with van der Waals surface area (Å²) in [6, 6.07) is 6.92. The maximum atomic E-state index is 2.34. The molecule has 1 aromatic rings. The van der Waals surface area contributed by atoms with Gasteiger partial charge < -0.3 is 0 Å². The molecule has 0 bridgehead atoms. The van der Waals surface area contributed by atoms with Crippen molar-refractivity contribution in [3.05, 3.63) is 34.9 Å². The predicted octanol–water partition coefficient (Wildman–Crippen LogP) is 6.44. The molecule has 0 spiro atoms. The second kappa shape index (κ2) is 13.3. The molecule has 17 heavy (non-hydrogen) atoms. The minimum atomic E-state index is 0. The lowest BCUT2D eigenvalue weighted by molar-refractivity contribution is 0.895. The lowest BCUT2D eigenvalue weighted by Crippen LogP contribution is -1.91. The van der Waals surface area contributed by atoms with Gasteiger partial charge >= 0.3 is 0 Å². The molecule has 0 aromatic heterocycles. The summed E-state index contributed by atoms with van der Waals surface area (Å²) in [5.41, 5.74) is 4.47. The van der Waals surface area contributed by atoms with Gasteiger partial charge in [-0.25, -0.2) is 0 Å². The Hall–Kier alpha value is -0.780. The molecule has 0 nitrogen and oxygen atoms in total. The van der Waals surface area contributed by atoms with Gasteiger partial charge in [-0.3, -0.25) is 0 Å². The summed E-state index contributed by atoms with van der Waals surface area (Å²) in [6.07, 6.45) is 4.92. The number of benzene rings is 1. The molecule has 0 amide bonds. The quantitative estimate of drug-likeness (QED) is 0.567. The second-order valence-electron chi connectivity index (χ2n) is 3.76. The third-order valence-electron chi connectivity index (χ3n) is 2.47. The molecular weight excluding hydrogens is 204 g/mol. The molecule has 0 radical (unpaired) electrons. The van der Waals surface area contributed by atoms with Crippen LogP contribution in [0.1, 0.15) is 73.1 Å². The summed E-state index contributed by atoms with van der Waals surface area (Å²) in [7, 11) is 0. The van der Waals surface area contributed by atoms with Crippen LogP contribution in [-0.4, -0.2) is 0 Å². The molecule has 104 valence electrons. The fraction of sp³-hybridized carbons (Fsp3) is 0.647. The van der Waals surface area contributed by atoms with Crippen LogP contribution in [0.5, 0.6) is 0 Å². The summed E-state index contributed by atoms with van der Waals surface area (Å²) >= 11 is 0. The van der Waals surface area contributed by atoms with Crippen molar-refractivity contribution in [2.24, 2.45) is 0 Å². The second-order valence-corrected chi connectivity index (χ2v) is 3.76. The first-order valence-corrected chi connectivity index (χ1v) is 5.36. The van der Waals surface area contributed by atoms with Crippen molar-refractivity contribution in [2.75, 3.05) is 0 Å². The van der Waals surface area contributed by atoms with Crippen LogP contribution in [0.2, 0.25) is 0 Å². The Kier molecular flexibility index (Phi) is 19.7. The van der Waals surface area contributed by atoms with E-state index in [9.17, 15) is 0 Å². The minimum Gasteiger partial charge on any atom is -0.0776 e. The standard InChI is InChI=1S/C13H20.4CH4/c1-4-6-12-8-9-13(7-5-2)11(3)10-12;;;;/h8-10H,4-7H2,1-3H3;4*1H4. The van der Waals surface area contributed by atoms with E-state index in [1.54, 1.807) is 0 Å². The first kappa shape index (κ1) is 25.2. The highest BCUT2D eigenvalue weighted by Gasteiger charge is 1.98. The Balaban J connectivity index is -0.000000211. The van der Waals surface area contributed by atoms with Crippen molar-refractivity contribution in [1.29, 1.82) is 0 Å². The van der Waals surface area contributed by atoms with Gasteiger partial charge in [0.05, 0.1) is 0 Å². The van der Waals surface area contributed by atoms with E-state index in [0.717, 1.165) is 0 Å². The molecule has 0 heterocycles. The minimum absolute atomic E-state index is 0. The maximum Gasteiger partial charge on any atom is -0.0279 e. The van der Waals surface area contributed by atoms with Crippen molar-refractivity contribution in [3.63, 3.8) is 0 Å². The number of hydrogen-bond acceptors (Lipinski definition) is 0. The van der Waals surface area contributed by atoms with E-state index in [4.69, 9.17) is 0 Å². The molecule has 0 saturated heterocycles. The highest BCUT2D eigenvalue weighted by atomic mass is 14.0. The van der Waals surface area contributed by atoms with Gasteiger partial charge in [0.1, 0.15) is 0 Å². The van der Waals surface area contributed by atoms with Gasteiger partial charge in [0, 0.05) is 0 Å². The Morgan fingerprint density at radius 1 is 0.824 bits per heavy atom. The van der Waals surface area contributed by atoms with Crippen LogP contribution in [0.25, 0.3) is 0 Å². The predicted molar refractivity (Wildman–Crippen MR) is 86.1 cm³/mol. The van der Waals surface area contributed by atoms with Crippen LogP contribution < -0.4 is 0 Å². The Morgan fingerprint density at radius 2 is 1.35 bits per heavy atom. The molecule has 0 fully saturated rings. The van der Waals surface area contributed by atoms with Crippen LogP contribution in [-0.2, 0) is 12.8 Å². The molecule has 0 aliphatic heterocycles. The van der Waals surface area contributed by atoms with Gasteiger partial charge in [0.15, 0.2) is 0 Å². The third kappa shape index (κ3) is 8.01. The molecule has 0 aliphatic rings. The van der Waals surface area contributed by atoms with E-state index in [1.807, 2.05) is 0 Å². The van der Waals surface area contributed by atoms with Gasteiger partial charge in [0.2, 0.25) is 0 Å². The summed E-state index contributed by atoms with van der Waals surface area (Å²) < 4.78 is 0. The SMILES string of the molecule is C.C.C.C.CCCc1ccc(CCC)c(C)c1. The van der Waals surface area contributed by atoms with Crippen molar-refractivity contribution >= 4 is 0 Å². The smallest absolute Gasteiger partial charge is 0.0279 e. The zero-order chi connectivity index (χ0) is 9.68. The van der Waals surface area contributed by atoms with Gasteiger partial charge in [-0.2, -0.15) is 0 Å². The van der Waals surface area contributed by atoms with E-state index in [-0.39, 0.29) is 29.7 Å². The fourth-order valence-corrected chi connectivity index (χ4v) is 1.75. The van der Waals surface area contributed by atoms with Crippen molar-refractivity contribution in [3.8, 4) is 0 Å². The average molecular weight is 240 g/mol. The maximum absolute atomic E-state index is 2.34. The van der Waals surface area contributed by atoms with Crippen LogP contribution in [0.3, 0.4) is 0 Å². The molecule has 0 heteroatoms. The van der Waals surface area contributed by atoms with E-state index in [2.05, 4.69) is 39.0 Å². The normalized spacial score (nSPS) is 7.94. The van der Waals surface area contributed by atoms with Gasteiger partial charge in [-0.1, -0.05) is 74.6 Å². The van der Waals surface area contributed by atoms with Gasteiger partial charge in [-0.05, 0) is 36.5 Å². The van der Waals surface area contributed by atoms with E-state index >= 15 is 0 Å². The third-order valence-corrected chi connectivity index (χ3v) is 2.47. The largest absolute Gasteiger partial charge is 0.0776 e. The van der Waals surface area contributed by atoms with Crippen LogP contribution in [0.4, 0.5) is 0 Å².